The summed E-state index contributed by atoms with van der Waals surface area (Å²) in [6, 6.07) is 5.42. The minimum absolute atomic E-state index is 0.109. The first-order valence-electron chi connectivity index (χ1n) is 10.3. The summed E-state index contributed by atoms with van der Waals surface area (Å²) in [5.41, 5.74) is 0.556. The van der Waals surface area contributed by atoms with E-state index < -0.39 is 4.92 Å². The van der Waals surface area contributed by atoms with Crippen LogP contribution < -0.4 is 19.7 Å². The molecule has 0 atom stereocenters. The molecule has 11 nitrogen and oxygen atoms in total. The zero-order chi connectivity index (χ0) is 23.1. The van der Waals surface area contributed by atoms with Gasteiger partial charge in [0.25, 0.3) is 0 Å². The Morgan fingerprint density at radius 3 is 2.62 bits per heavy atom. The second kappa shape index (κ2) is 10.6. The number of nitro groups is 1. The van der Waals surface area contributed by atoms with Gasteiger partial charge in [-0.3, -0.25) is 14.9 Å². The van der Waals surface area contributed by atoms with Crippen molar-refractivity contribution in [3.63, 3.8) is 0 Å². The van der Waals surface area contributed by atoms with Crippen LogP contribution in [0.1, 0.15) is 25.3 Å². The lowest BCUT2D eigenvalue weighted by molar-refractivity contribution is -0.383. The first kappa shape index (κ1) is 23.0. The number of esters is 1. The number of aromatic nitrogens is 2. The maximum absolute atomic E-state index is 12.0. The Balaban J connectivity index is 1.79. The normalized spacial score (nSPS) is 14.0. The number of nitrogens with zero attached hydrogens (tertiary/aromatic N) is 4. The number of ether oxygens (including phenoxy) is 3. The van der Waals surface area contributed by atoms with E-state index in [2.05, 4.69) is 15.3 Å². The van der Waals surface area contributed by atoms with Gasteiger partial charge in [-0.15, -0.1) is 0 Å². The standard InChI is InChI=1S/C21H27N5O6/c1-4-32-21(27)14-8-10-25(11-9-14)20-17(26(28)29)19(23-13-24-20)22-12-15-6-5-7-16(30-2)18(15)31-3/h5-7,13-14H,4,8-12H2,1-3H3,(H,22,23,24). The molecule has 32 heavy (non-hydrogen) atoms. The maximum atomic E-state index is 12.0. The average molecular weight is 445 g/mol. The molecular formula is C21H27N5O6. The summed E-state index contributed by atoms with van der Waals surface area (Å²) in [7, 11) is 3.08. The molecule has 0 saturated carbocycles. The Bertz CT molecular complexity index is 962. The van der Waals surface area contributed by atoms with Crippen LogP contribution in [-0.4, -0.2) is 54.8 Å². The van der Waals surface area contributed by atoms with Gasteiger partial charge in [0.05, 0.1) is 31.7 Å². The summed E-state index contributed by atoms with van der Waals surface area (Å²) >= 11 is 0. The molecule has 2 aromatic rings. The van der Waals surface area contributed by atoms with Crippen molar-refractivity contribution in [2.45, 2.75) is 26.3 Å². The predicted molar refractivity (Wildman–Crippen MR) is 117 cm³/mol. The number of hydrogen-bond donors (Lipinski definition) is 1. The molecule has 1 N–H and O–H groups in total. The number of hydrogen-bond acceptors (Lipinski definition) is 10. The lowest BCUT2D eigenvalue weighted by Gasteiger charge is -2.31. The van der Waals surface area contributed by atoms with E-state index in [9.17, 15) is 14.9 Å². The summed E-state index contributed by atoms with van der Waals surface area (Å²) in [6.07, 6.45) is 2.39. The molecule has 1 aliphatic rings. The van der Waals surface area contributed by atoms with Gasteiger partial charge < -0.3 is 24.4 Å². The lowest BCUT2D eigenvalue weighted by atomic mass is 9.97. The Morgan fingerprint density at radius 1 is 1.25 bits per heavy atom. The van der Waals surface area contributed by atoms with E-state index in [1.807, 2.05) is 17.0 Å². The molecule has 1 saturated heterocycles. The summed E-state index contributed by atoms with van der Waals surface area (Å²) in [6.45, 7) is 3.27. The van der Waals surface area contributed by atoms with Crippen molar-refractivity contribution in [3.05, 3.63) is 40.2 Å². The number of methoxy groups -OCH3 is 2. The zero-order valence-corrected chi connectivity index (χ0v) is 18.4. The highest BCUT2D eigenvalue weighted by Gasteiger charge is 2.32. The number of piperidine rings is 1. The number of benzene rings is 1. The third-order valence-electron chi connectivity index (χ3n) is 5.33. The Morgan fingerprint density at radius 2 is 2.00 bits per heavy atom. The van der Waals surface area contributed by atoms with Crippen LogP contribution in [0.25, 0.3) is 0 Å². The average Bonchev–Trinajstić information content (AvgIpc) is 2.82. The molecule has 172 valence electrons. The lowest BCUT2D eigenvalue weighted by Crippen LogP contribution is -2.37. The van der Waals surface area contributed by atoms with E-state index in [0.29, 0.717) is 44.0 Å². The second-order valence-corrected chi connectivity index (χ2v) is 7.17. The van der Waals surface area contributed by atoms with Gasteiger partial charge in [-0.05, 0) is 25.8 Å². The van der Waals surface area contributed by atoms with Crippen LogP contribution in [0.5, 0.6) is 11.5 Å². The van der Waals surface area contributed by atoms with E-state index in [1.165, 1.54) is 13.4 Å². The molecule has 0 unspecified atom stereocenters. The van der Waals surface area contributed by atoms with Crippen LogP contribution in [0.4, 0.5) is 17.3 Å². The highest BCUT2D eigenvalue weighted by atomic mass is 16.6. The first-order valence-corrected chi connectivity index (χ1v) is 10.3. The van der Waals surface area contributed by atoms with E-state index >= 15 is 0 Å². The molecule has 1 aromatic heterocycles. The quantitative estimate of drug-likeness (QED) is 0.349. The minimum atomic E-state index is -0.488. The number of carbonyl (C=O) groups is 1. The van der Waals surface area contributed by atoms with E-state index in [0.717, 1.165) is 5.56 Å². The Hall–Kier alpha value is -3.63. The fraction of sp³-hybridized carbons (Fsp3) is 0.476. The third kappa shape index (κ3) is 4.98. The van der Waals surface area contributed by atoms with Crippen LogP contribution >= 0.6 is 0 Å². The van der Waals surface area contributed by atoms with Crippen molar-refractivity contribution in [2.24, 2.45) is 5.92 Å². The smallest absolute Gasteiger partial charge is 0.353 e. The first-order chi connectivity index (χ1) is 15.5. The van der Waals surface area contributed by atoms with Crippen molar-refractivity contribution in [2.75, 3.05) is 44.1 Å². The van der Waals surface area contributed by atoms with E-state index in [-0.39, 0.29) is 35.8 Å². The number of para-hydroxylation sites is 1. The summed E-state index contributed by atoms with van der Waals surface area (Å²) in [5.74, 6) is 1.02. The number of anilines is 2. The van der Waals surface area contributed by atoms with E-state index in [4.69, 9.17) is 14.2 Å². The van der Waals surface area contributed by atoms with Gasteiger partial charge in [0, 0.05) is 25.2 Å². The van der Waals surface area contributed by atoms with Crippen LogP contribution in [0.2, 0.25) is 0 Å². The predicted octanol–water partition coefficient (Wildman–Crippen LogP) is 2.79. The molecule has 0 aliphatic carbocycles. The van der Waals surface area contributed by atoms with Crippen LogP contribution in [0.3, 0.4) is 0 Å². The fourth-order valence-corrected chi connectivity index (χ4v) is 3.76. The molecule has 0 radical (unpaired) electrons. The number of nitrogens with one attached hydrogen (secondary N) is 1. The maximum Gasteiger partial charge on any atom is 0.353 e. The molecule has 1 fully saturated rings. The molecule has 1 aliphatic heterocycles. The molecule has 2 heterocycles. The van der Waals surface area contributed by atoms with Gasteiger partial charge in [-0.1, -0.05) is 12.1 Å². The fourth-order valence-electron chi connectivity index (χ4n) is 3.76. The van der Waals surface area contributed by atoms with Gasteiger partial charge in [0.2, 0.25) is 11.6 Å². The van der Waals surface area contributed by atoms with E-state index in [1.54, 1.807) is 20.1 Å². The molecule has 0 spiro atoms. The Labute approximate surface area is 185 Å². The summed E-state index contributed by atoms with van der Waals surface area (Å²) in [5, 5.41) is 14.9. The van der Waals surface area contributed by atoms with Gasteiger partial charge in [-0.25, -0.2) is 9.97 Å². The van der Waals surface area contributed by atoms with Crippen molar-refractivity contribution >= 4 is 23.3 Å². The monoisotopic (exact) mass is 445 g/mol. The summed E-state index contributed by atoms with van der Waals surface area (Å²) in [4.78, 5) is 33.5. The minimum Gasteiger partial charge on any atom is -0.493 e. The van der Waals surface area contributed by atoms with Crippen molar-refractivity contribution in [3.8, 4) is 11.5 Å². The molecule has 1 aromatic carbocycles. The van der Waals surface area contributed by atoms with Crippen molar-refractivity contribution in [1.29, 1.82) is 0 Å². The SMILES string of the molecule is CCOC(=O)C1CCN(c2ncnc(NCc3cccc(OC)c3OC)c2[N+](=O)[O-])CC1. The van der Waals surface area contributed by atoms with Gasteiger partial charge in [-0.2, -0.15) is 0 Å². The van der Waals surface area contributed by atoms with Crippen LogP contribution in [0, 0.1) is 16.0 Å². The molecular weight excluding hydrogens is 418 g/mol. The van der Waals surface area contributed by atoms with Crippen LogP contribution in [-0.2, 0) is 16.1 Å². The van der Waals surface area contributed by atoms with Gasteiger partial charge in [0.1, 0.15) is 6.33 Å². The summed E-state index contributed by atoms with van der Waals surface area (Å²) < 4.78 is 15.8. The Kier molecular flexibility index (Phi) is 7.63. The van der Waals surface area contributed by atoms with Crippen molar-refractivity contribution in [1.82, 2.24) is 9.97 Å². The third-order valence-corrected chi connectivity index (χ3v) is 5.33. The highest BCUT2D eigenvalue weighted by molar-refractivity contribution is 5.74. The van der Waals surface area contributed by atoms with Gasteiger partial charge >= 0.3 is 11.7 Å². The van der Waals surface area contributed by atoms with Crippen molar-refractivity contribution < 1.29 is 23.9 Å². The van der Waals surface area contributed by atoms with Crippen LogP contribution in [0.15, 0.2) is 24.5 Å². The largest absolute Gasteiger partial charge is 0.493 e. The molecule has 0 bridgehead atoms. The topological polar surface area (TPSA) is 129 Å². The molecule has 3 rings (SSSR count). The van der Waals surface area contributed by atoms with Gasteiger partial charge in [0.15, 0.2) is 11.5 Å². The highest BCUT2D eigenvalue weighted by Crippen LogP contribution is 2.36. The number of rotatable bonds is 9. The molecule has 0 amide bonds. The second-order valence-electron chi connectivity index (χ2n) is 7.17. The molecule has 11 heteroatoms. The zero-order valence-electron chi connectivity index (χ0n) is 18.4. The number of carbonyl (C=O) groups excluding carboxylic acids is 1.